The van der Waals surface area contributed by atoms with Gasteiger partial charge in [-0.3, -0.25) is 4.90 Å². The fourth-order valence-electron chi connectivity index (χ4n) is 6.81. The second-order valence-corrected chi connectivity index (χ2v) is 13.1. The van der Waals surface area contributed by atoms with Gasteiger partial charge in [-0.25, -0.2) is 13.8 Å². The van der Waals surface area contributed by atoms with Gasteiger partial charge in [-0.05, 0) is 68.6 Å². The molecule has 2 unspecified atom stereocenters. The minimum atomic E-state index is -4.85. The maximum atomic E-state index is 15.3. The van der Waals surface area contributed by atoms with Gasteiger partial charge in [0.2, 0.25) is 5.82 Å². The lowest BCUT2D eigenvalue weighted by Crippen LogP contribution is -2.35. The highest BCUT2D eigenvalue weighted by atomic mass is 35.5. The number of para-hydroxylation sites is 1. The molecule has 15 heteroatoms. The molecule has 3 aliphatic heterocycles. The fourth-order valence-corrected chi connectivity index (χ4v) is 6.97. The summed E-state index contributed by atoms with van der Waals surface area (Å²) in [6, 6.07) is 12.7. The standard InChI is InChI=1S/C34H29ClF5N5O4/c1-33(23-6-5-19(35)13-25(23)37)47-28-4-2-3-21(30(28)48-33)18-7-10-44(11-8-18)17-29-41-26-14-22(31-42-32(49-43-31)34(38,39)40)24(36)15-27(26)45(29)16-20-9-12-46-20/h2-6,13-15,18,20H,7-12,16-17H2,1H3. The lowest BCUT2D eigenvalue weighted by atomic mass is 9.88. The van der Waals surface area contributed by atoms with E-state index in [0.29, 0.717) is 48.1 Å². The van der Waals surface area contributed by atoms with Crippen LogP contribution in [-0.2, 0) is 29.8 Å². The molecular weight excluding hydrogens is 673 g/mol. The molecule has 8 rings (SSSR count). The number of ether oxygens (including phenoxy) is 3. The van der Waals surface area contributed by atoms with Gasteiger partial charge in [0.15, 0.2) is 11.5 Å². The van der Waals surface area contributed by atoms with E-state index in [1.54, 1.807) is 19.1 Å². The van der Waals surface area contributed by atoms with Crippen molar-refractivity contribution in [3.8, 4) is 22.9 Å². The predicted molar refractivity (Wildman–Crippen MR) is 166 cm³/mol. The van der Waals surface area contributed by atoms with Crippen LogP contribution in [0.25, 0.3) is 22.4 Å². The molecule has 3 aliphatic rings. The van der Waals surface area contributed by atoms with Crippen molar-refractivity contribution in [1.82, 2.24) is 24.6 Å². The molecule has 256 valence electrons. The maximum absolute atomic E-state index is 15.3. The largest absolute Gasteiger partial charge is 0.471 e. The molecule has 0 aliphatic carbocycles. The second-order valence-electron chi connectivity index (χ2n) is 12.7. The number of piperidine rings is 1. The average Bonchev–Trinajstić information content (AvgIpc) is 3.74. The Balaban J connectivity index is 1.01. The Morgan fingerprint density at radius 2 is 1.78 bits per heavy atom. The quantitative estimate of drug-likeness (QED) is 0.159. The third-order valence-electron chi connectivity index (χ3n) is 9.43. The summed E-state index contributed by atoms with van der Waals surface area (Å²) in [5.41, 5.74) is 1.90. The van der Waals surface area contributed by atoms with E-state index in [1.807, 2.05) is 22.8 Å². The summed E-state index contributed by atoms with van der Waals surface area (Å²) in [6.45, 7) is 4.70. The van der Waals surface area contributed by atoms with E-state index in [4.69, 9.17) is 30.8 Å². The first-order valence-electron chi connectivity index (χ1n) is 15.9. The van der Waals surface area contributed by atoms with Crippen LogP contribution in [0.3, 0.4) is 0 Å². The van der Waals surface area contributed by atoms with Gasteiger partial charge in [0.05, 0.1) is 41.4 Å². The molecule has 0 spiro atoms. The molecule has 5 aromatic rings. The number of fused-ring (bicyclic) bond motifs is 2. The Morgan fingerprint density at radius 1 is 0.980 bits per heavy atom. The van der Waals surface area contributed by atoms with Crippen molar-refractivity contribution in [2.75, 3.05) is 19.7 Å². The minimum Gasteiger partial charge on any atom is -0.444 e. The minimum absolute atomic E-state index is 0.0504. The third kappa shape index (κ3) is 5.89. The molecule has 5 heterocycles. The number of aromatic nitrogens is 4. The lowest BCUT2D eigenvalue weighted by Gasteiger charge is -2.33. The van der Waals surface area contributed by atoms with Crippen LogP contribution >= 0.6 is 11.6 Å². The predicted octanol–water partition coefficient (Wildman–Crippen LogP) is 7.85. The number of hydrogen-bond donors (Lipinski definition) is 0. The van der Waals surface area contributed by atoms with Crippen LogP contribution in [0, 0.1) is 11.6 Å². The van der Waals surface area contributed by atoms with Gasteiger partial charge in [0.25, 0.3) is 5.79 Å². The molecule has 2 aromatic heterocycles. The molecule has 0 amide bonds. The number of likely N-dealkylation sites (tertiary alicyclic amines) is 1. The first kappa shape index (κ1) is 32.0. The number of benzene rings is 3. The number of imidazole rings is 1. The zero-order valence-electron chi connectivity index (χ0n) is 26.1. The summed E-state index contributed by atoms with van der Waals surface area (Å²) in [7, 11) is 0. The molecule has 0 N–H and O–H groups in total. The van der Waals surface area contributed by atoms with Gasteiger partial charge in [-0.15, -0.1) is 0 Å². The highest BCUT2D eigenvalue weighted by molar-refractivity contribution is 6.30. The highest BCUT2D eigenvalue weighted by Crippen LogP contribution is 2.50. The van der Waals surface area contributed by atoms with Crippen molar-refractivity contribution in [1.29, 1.82) is 0 Å². The molecule has 0 radical (unpaired) electrons. The Labute approximate surface area is 281 Å². The molecule has 2 saturated heterocycles. The van der Waals surface area contributed by atoms with Crippen LogP contribution in [-0.4, -0.2) is 50.4 Å². The summed E-state index contributed by atoms with van der Waals surface area (Å²) < 4.78 is 93.8. The molecule has 2 fully saturated rings. The van der Waals surface area contributed by atoms with Gasteiger partial charge < -0.3 is 23.3 Å². The van der Waals surface area contributed by atoms with Gasteiger partial charge in [0.1, 0.15) is 17.5 Å². The van der Waals surface area contributed by atoms with Crippen molar-refractivity contribution in [2.45, 2.75) is 63.3 Å². The van der Waals surface area contributed by atoms with E-state index in [0.717, 1.165) is 37.9 Å². The normalized spacial score (nSPS) is 21.4. The summed E-state index contributed by atoms with van der Waals surface area (Å²) in [5.74, 6) is -2.73. The monoisotopic (exact) mass is 701 g/mol. The van der Waals surface area contributed by atoms with Gasteiger partial charge in [-0.2, -0.15) is 18.2 Å². The summed E-state index contributed by atoms with van der Waals surface area (Å²) in [5, 5.41) is 3.63. The van der Waals surface area contributed by atoms with Gasteiger partial charge >= 0.3 is 12.1 Å². The molecule has 3 aromatic carbocycles. The number of hydrogen-bond acceptors (Lipinski definition) is 8. The Kier molecular flexibility index (Phi) is 7.80. The van der Waals surface area contributed by atoms with Crippen LogP contribution in [0.1, 0.15) is 54.9 Å². The summed E-state index contributed by atoms with van der Waals surface area (Å²) in [4.78, 5) is 10.4. The van der Waals surface area contributed by atoms with E-state index < -0.39 is 35.3 Å². The van der Waals surface area contributed by atoms with Crippen LogP contribution in [0.2, 0.25) is 5.02 Å². The number of rotatable bonds is 7. The first-order valence-corrected chi connectivity index (χ1v) is 16.2. The van der Waals surface area contributed by atoms with Crippen molar-refractivity contribution in [2.24, 2.45) is 0 Å². The smallest absolute Gasteiger partial charge is 0.444 e. The van der Waals surface area contributed by atoms with Crippen molar-refractivity contribution < 1.29 is 40.7 Å². The van der Waals surface area contributed by atoms with Crippen LogP contribution in [0.15, 0.2) is 53.1 Å². The Morgan fingerprint density at radius 3 is 2.47 bits per heavy atom. The van der Waals surface area contributed by atoms with Crippen molar-refractivity contribution in [3.05, 3.63) is 88.0 Å². The third-order valence-corrected chi connectivity index (χ3v) is 9.66. The summed E-state index contributed by atoms with van der Waals surface area (Å²) in [6.07, 6.45) is -2.45. The van der Waals surface area contributed by atoms with Crippen LogP contribution < -0.4 is 9.47 Å². The zero-order valence-corrected chi connectivity index (χ0v) is 26.8. The molecule has 9 nitrogen and oxygen atoms in total. The van der Waals surface area contributed by atoms with Gasteiger partial charge in [0, 0.05) is 30.2 Å². The molecular formula is C34H29ClF5N5O4. The SMILES string of the molecule is CC1(c2ccc(Cl)cc2F)Oc2cccc(C3CCN(Cc4nc5cc(-c6noc(C(F)(F)F)n6)c(F)cc5n4CC4CCO4)CC3)c2O1. The van der Waals surface area contributed by atoms with E-state index >= 15 is 4.39 Å². The summed E-state index contributed by atoms with van der Waals surface area (Å²) >= 11 is 5.97. The zero-order chi connectivity index (χ0) is 34.1. The Hall–Kier alpha value is -4.27. The van der Waals surface area contributed by atoms with Crippen molar-refractivity contribution >= 4 is 22.6 Å². The highest BCUT2D eigenvalue weighted by Gasteiger charge is 2.43. The second kappa shape index (κ2) is 12.0. The van der Waals surface area contributed by atoms with E-state index in [-0.39, 0.29) is 28.2 Å². The molecule has 49 heavy (non-hydrogen) atoms. The number of nitrogens with zero attached hydrogens (tertiary/aromatic N) is 5. The number of halogens is 6. The van der Waals surface area contributed by atoms with Crippen LogP contribution in [0.4, 0.5) is 22.0 Å². The Bertz CT molecular complexity index is 2060. The fraction of sp³-hybridized carbons (Fsp3) is 0.382. The topological polar surface area (TPSA) is 87.7 Å². The molecule has 0 bridgehead atoms. The van der Waals surface area contributed by atoms with E-state index in [1.165, 1.54) is 18.2 Å². The van der Waals surface area contributed by atoms with E-state index in [9.17, 15) is 17.6 Å². The number of alkyl halides is 3. The molecule has 2 atom stereocenters. The van der Waals surface area contributed by atoms with E-state index in [2.05, 4.69) is 19.6 Å². The first-order chi connectivity index (χ1) is 23.4. The molecule has 0 saturated carbocycles. The average molecular weight is 702 g/mol. The maximum Gasteiger partial charge on any atom is 0.471 e. The van der Waals surface area contributed by atoms with Crippen molar-refractivity contribution in [3.63, 3.8) is 0 Å². The van der Waals surface area contributed by atoms with Crippen LogP contribution in [0.5, 0.6) is 11.5 Å². The van der Waals surface area contributed by atoms with Gasteiger partial charge in [-0.1, -0.05) is 28.9 Å². The lowest BCUT2D eigenvalue weighted by molar-refractivity contribution is -0.159.